The Balaban J connectivity index is 1.93. The molecular formula is C12H22BrNO. The molecule has 2 rings (SSSR count). The number of piperidine rings is 1. The Kier molecular flexibility index (Phi) is 4.08. The second-order valence-electron chi connectivity index (χ2n) is 5.14. The first-order valence-electron chi connectivity index (χ1n) is 6.24. The van der Waals surface area contributed by atoms with Gasteiger partial charge in [-0.25, -0.2) is 0 Å². The standard InChI is InChI=1S/C12H22BrNO/c1-2-9(7-13)8-14-10-3-4-11(14)6-12(15)5-10/h9-12,15H,2-8H2,1H3. The van der Waals surface area contributed by atoms with E-state index in [1.54, 1.807) is 0 Å². The fraction of sp³-hybridized carbons (Fsp3) is 1.00. The monoisotopic (exact) mass is 275 g/mol. The molecule has 15 heavy (non-hydrogen) atoms. The van der Waals surface area contributed by atoms with Gasteiger partial charge in [-0.05, 0) is 31.6 Å². The van der Waals surface area contributed by atoms with Crippen molar-refractivity contribution in [1.29, 1.82) is 0 Å². The first kappa shape index (κ1) is 11.9. The van der Waals surface area contributed by atoms with Gasteiger partial charge in [-0.15, -0.1) is 0 Å². The summed E-state index contributed by atoms with van der Waals surface area (Å²) in [7, 11) is 0. The Morgan fingerprint density at radius 3 is 2.40 bits per heavy atom. The molecule has 0 aliphatic carbocycles. The number of nitrogens with zero attached hydrogens (tertiary/aromatic N) is 1. The third kappa shape index (κ3) is 2.56. The lowest BCUT2D eigenvalue weighted by Gasteiger charge is -2.38. The zero-order chi connectivity index (χ0) is 10.8. The van der Waals surface area contributed by atoms with Crippen molar-refractivity contribution in [2.45, 2.75) is 57.2 Å². The molecule has 2 aliphatic heterocycles. The summed E-state index contributed by atoms with van der Waals surface area (Å²) in [5, 5.41) is 10.8. The van der Waals surface area contributed by atoms with Crippen molar-refractivity contribution < 1.29 is 5.11 Å². The van der Waals surface area contributed by atoms with Gasteiger partial charge in [-0.3, -0.25) is 4.90 Å². The molecule has 2 heterocycles. The number of aliphatic hydroxyl groups excluding tert-OH is 1. The summed E-state index contributed by atoms with van der Waals surface area (Å²) in [6.07, 6.45) is 5.86. The highest BCUT2D eigenvalue weighted by atomic mass is 79.9. The SMILES string of the molecule is CCC(CBr)CN1C2CCC1CC(O)C2. The Morgan fingerprint density at radius 1 is 1.33 bits per heavy atom. The zero-order valence-corrected chi connectivity index (χ0v) is 11.1. The highest BCUT2D eigenvalue weighted by Gasteiger charge is 2.40. The zero-order valence-electron chi connectivity index (χ0n) is 9.53. The summed E-state index contributed by atoms with van der Waals surface area (Å²) in [6, 6.07) is 1.35. The van der Waals surface area contributed by atoms with Crippen molar-refractivity contribution in [3.05, 3.63) is 0 Å². The smallest absolute Gasteiger partial charge is 0.0570 e. The summed E-state index contributed by atoms with van der Waals surface area (Å²) in [5.74, 6) is 0.781. The van der Waals surface area contributed by atoms with E-state index in [2.05, 4.69) is 27.8 Å². The Labute approximate surface area is 101 Å². The molecule has 0 amide bonds. The van der Waals surface area contributed by atoms with E-state index in [0.717, 1.165) is 24.1 Å². The van der Waals surface area contributed by atoms with Gasteiger partial charge in [0.05, 0.1) is 6.10 Å². The van der Waals surface area contributed by atoms with Crippen LogP contribution in [0.25, 0.3) is 0 Å². The average Bonchev–Trinajstić information content (AvgIpc) is 2.47. The van der Waals surface area contributed by atoms with Gasteiger partial charge in [-0.2, -0.15) is 0 Å². The molecule has 0 aromatic carbocycles. The van der Waals surface area contributed by atoms with E-state index in [-0.39, 0.29) is 6.10 Å². The van der Waals surface area contributed by atoms with Crippen LogP contribution in [0.4, 0.5) is 0 Å². The molecule has 2 nitrogen and oxygen atoms in total. The molecule has 3 atom stereocenters. The van der Waals surface area contributed by atoms with Crippen molar-refractivity contribution >= 4 is 15.9 Å². The van der Waals surface area contributed by atoms with Gasteiger partial charge in [0.15, 0.2) is 0 Å². The Hall–Kier alpha value is 0.400. The molecule has 3 heteroatoms. The van der Waals surface area contributed by atoms with Gasteiger partial charge in [0, 0.05) is 24.0 Å². The predicted octanol–water partition coefficient (Wildman–Crippen LogP) is 2.40. The van der Waals surface area contributed by atoms with E-state index in [4.69, 9.17) is 0 Å². The van der Waals surface area contributed by atoms with Crippen LogP contribution in [0.2, 0.25) is 0 Å². The summed E-state index contributed by atoms with van der Waals surface area (Å²) in [4.78, 5) is 2.67. The highest BCUT2D eigenvalue weighted by molar-refractivity contribution is 9.09. The van der Waals surface area contributed by atoms with Gasteiger partial charge >= 0.3 is 0 Å². The third-order valence-electron chi connectivity index (χ3n) is 4.12. The second-order valence-corrected chi connectivity index (χ2v) is 5.78. The van der Waals surface area contributed by atoms with Crippen LogP contribution >= 0.6 is 15.9 Å². The molecule has 0 aromatic rings. The van der Waals surface area contributed by atoms with Gasteiger partial charge in [0.25, 0.3) is 0 Å². The molecule has 1 N–H and O–H groups in total. The predicted molar refractivity (Wildman–Crippen MR) is 66.3 cm³/mol. The number of halogens is 1. The van der Waals surface area contributed by atoms with E-state index < -0.39 is 0 Å². The number of aliphatic hydroxyl groups is 1. The van der Waals surface area contributed by atoms with Crippen LogP contribution in [-0.4, -0.2) is 40.1 Å². The lowest BCUT2D eigenvalue weighted by atomic mass is 9.97. The lowest BCUT2D eigenvalue weighted by Crippen LogP contribution is -2.46. The van der Waals surface area contributed by atoms with E-state index in [1.165, 1.54) is 25.8 Å². The van der Waals surface area contributed by atoms with Crippen molar-refractivity contribution in [3.63, 3.8) is 0 Å². The number of rotatable bonds is 4. The molecule has 0 radical (unpaired) electrons. The fourth-order valence-corrected chi connectivity index (χ4v) is 3.79. The summed E-state index contributed by atoms with van der Waals surface area (Å²) < 4.78 is 0. The van der Waals surface area contributed by atoms with E-state index in [1.807, 2.05) is 0 Å². The molecule has 2 aliphatic rings. The van der Waals surface area contributed by atoms with Crippen LogP contribution in [0.5, 0.6) is 0 Å². The maximum absolute atomic E-state index is 9.72. The van der Waals surface area contributed by atoms with Crippen LogP contribution < -0.4 is 0 Å². The largest absolute Gasteiger partial charge is 0.393 e. The molecule has 2 bridgehead atoms. The van der Waals surface area contributed by atoms with Gasteiger partial charge in [0.2, 0.25) is 0 Å². The first-order valence-corrected chi connectivity index (χ1v) is 7.36. The van der Waals surface area contributed by atoms with Crippen molar-refractivity contribution in [2.75, 3.05) is 11.9 Å². The van der Waals surface area contributed by atoms with E-state index >= 15 is 0 Å². The minimum Gasteiger partial charge on any atom is -0.393 e. The normalized spacial score (nSPS) is 38.2. The van der Waals surface area contributed by atoms with Gasteiger partial charge in [0.1, 0.15) is 0 Å². The first-order chi connectivity index (χ1) is 7.24. The van der Waals surface area contributed by atoms with Crippen LogP contribution in [-0.2, 0) is 0 Å². The molecule has 2 saturated heterocycles. The van der Waals surface area contributed by atoms with Crippen LogP contribution in [0, 0.1) is 5.92 Å². The molecule has 0 aromatic heterocycles. The number of hydrogen-bond acceptors (Lipinski definition) is 2. The van der Waals surface area contributed by atoms with Crippen molar-refractivity contribution in [3.8, 4) is 0 Å². The number of alkyl halides is 1. The lowest BCUT2D eigenvalue weighted by molar-refractivity contribution is 0.0284. The van der Waals surface area contributed by atoms with Crippen molar-refractivity contribution in [1.82, 2.24) is 4.90 Å². The molecule has 3 unspecified atom stereocenters. The van der Waals surface area contributed by atoms with Crippen LogP contribution in [0.15, 0.2) is 0 Å². The maximum atomic E-state index is 9.72. The summed E-state index contributed by atoms with van der Waals surface area (Å²) in [5.41, 5.74) is 0. The van der Waals surface area contributed by atoms with E-state index in [9.17, 15) is 5.11 Å². The quantitative estimate of drug-likeness (QED) is 0.797. The van der Waals surface area contributed by atoms with Crippen LogP contribution in [0.1, 0.15) is 39.0 Å². The molecule has 2 fully saturated rings. The Morgan fingerprint density at radius 2 is 1.93 bits per heavy atom. The maximum Gasteiger partial charge on any atom is 0.0570 e. The van der Waals surface area contributed by atoms with Crippen molar-refractivity contribution in [2.24, 2.45) is 5.92 Å². The number of hydrogen-bond donors (Lipinski definition) is 1. The van der Waals surface area contributed by atoms with E-state index in [0.29, 0.717) is 12.1 Å². The van der Waals surface area contributed by atoms with Gasteiger partial charge in [-0.1, -0.05) is 29.3 Å². The van der Waals surface area contributed by atoms with Gasteiger partial charge < -0.3 is 5.11 Å². The van der Waals surface area contributed by atoms with Crippen LogP contribution in [0.3, 0.4) is 0 Å². The minimum absolute atomic E-state index is 0.0252. The number of fused-ring (bicyclic) bond motifs is 2. The second kappa shape index (κ2) is 5.15. The third-order valence-corrected chi connectivity index (χ3v) is 5.04. The Bertz CT molecular complexity index is 194. The summed E-state index contributed by atoms with van der Waals surface area (Å²) in [6.45, 7) is 3.50. The molecule has 0 spiro atoms. The highest BCUT2D eigenvalue weighted by Crippen LogP contribution is 2.36. The molecule has 88 valence electrons. The summed E-state index contributed by atoms with van der Waals surface area (Å²) >= 11 is 3.60. The fourth-order valence-electron chi connectivity index (χ4n) is 3.13. The average molecular weight is 276 g/mol. The topological polar surface area (TPSA) is 23.5 Å². The minimum atomic E-state index is -0.0252. The molecule has 0 saturated carbocycles. The molecular weight excluding hydrogens is 254 g/mol.